The first kappa shape index (κ1) is 10.0. The van der Waals surface area contributed by atoms with Crippen LogP contribution in [0.2, 0.25) is 0 Å². The monoisotopic (exact) mass is 171 g/mol. The fourth-order valence-electron chi connectivity index (χ4n) is 2.16. The molecular weight excluding hydrogens is 150 g/mol. The van der Waals surface area contributed by atoms with Gasteiger partial charge in [0.1, 0.15) is 0 Å². The molecule has 0 amide bonds. The second kappa shape index (κ2) is 4.83. The zero-order valence-corrected chi connectivity index (χ0v) is 8.47. The minimum absolute atomic E-state index is 0.718. The summed E-state index contributed by atoms with van der Waals surface area (Å²) in [6.07, 6.45) is 2.64. The third-order valence-electron chi connectivity index (χ3n) is 3.13. The Kier molecular flexibility index (Phi) is 4.02. The number of hydrogen-bond donors (Lipinski definition) is 1. The molecule has 72 valence electrons. The molecule has 0 aromatic rings. The van der Waals surface area contributed by atoms with Crippen molar-refractivity contribution in [3.8, 4) is 0 Å². The standard InChI is InChI=1S/C10H21NO/c1-4-12-7-9-5-6-10(11-3)8(9)2/h8-11H,4-7H2,1-3H3. The highest BCUT2D eigenvalue weighted by Gasteiger charge is 2.31. The van der Waals surface area contributed by atoms with Crippen molar-refractivity contribution in [1.29, 1.82) is 0 Å². The molecule has 1 aliphatic rings. The van der Waals surface area contributed by atoms with Gasteiger partial charge in [-0.15, -0.1) is 0 Å². The summed E-state index contributed by atoms with van der Waals surface area (Å²) in [5.74, 6) is 1.56. The summed E-state index contributed by atoms with van der Waals surface area (Å²) in [6.45, 7) is 6.20. The van der Waals surface area contributed by atoms with Crippen LogP contribution in [-0.4, -0.2) is 26.3 Å². The lowest BCUT2D eigenvalue weighted by Gasteiger charge is -2.19. The van der Waals surface area contributed by atoms with Gasteiger partial charge in [0.15, 0.2) is 0 Å². The number of nitrogens with one attached hydrogen (secondary N) is 1. The van der Waals surface area contributed by atoms with Gasteiger partial charge >= 0.3 is 0 Å². The number of ether oxygens (including phenoxy) is 1. The summed E-state index contributed by atoms with van der Waals surface area (Å²) in [7, 11) is 2.06. The summed E-state index contributed by atoms with van der Waals surface area (Å²) < 4.78 is 5.45. The summed E-state index contributed by atoms with van der Waals surface area (Å²) >= 11 is 0. The van der Waals surface area contributed by atoms with Crippen molar-refractivity contribution >= 4 is 0 Å². The zero-order valence-electron chi connectivity index (χ0n) is 8.47. The van der Waals surface area contributed by atoms with E-state index in [4.69, 9.17) is 4.74 Å². The summed E-state index contributed by atoms with van der Waals surface area (Å²) in [5, 5.41) is 3.36. The lowest BCUT2D eigenvalue weighted by atomic mass is 9.97. The van der Waals surface area contributed by atoms with Crippen molar-refractivity contribution in [3.05, 3.63) is 0 Å². The molecule has 1 fully saturated rings. The Morgan fingerprint density at radius 2 is 2.17 bits per heavy atom. The van der Waals surface area contributed by atoms with E-state index in [0.29, 0.717) is 0 Å². The molecule has 0 spiro atoms. The number of rotatable bonds is 4. The Morgan fingerprint density at radius 3 is 2.67 bits per heavy atom. The van der Waals surface area contributed by atoms with Crippen molar-refractivity contribution in [2.24, 2.45) is 11.8 Å². The molecule has 0 saturated heterocycles. The average molecular weight is 171 g/mol. The van der Waals surface area contributed by atoms with Crippen molar-refractivity contribution < 1.29 is 4.74 Å². The van der Waals surface area contributed by atoms with Crippen LogP contribution >= 0.6 is 0 Å². The highest BCUT2D eigenvalue weighted by Crippen LogP contribution is 2.31. The maximum Gasteiger partial charge on any atom is 0.0497 e. The second-order valence-corrected chi connectivity index (χ2v) is 3.75. The normalized spacial score (nSPS) is 35.8. The maximum atomic E-state index is 5.45. The van der Waals surface area contributed by atoms with Gasteiger partial charge in [-0.2, -0.15) is 0 Å². The molecule has 12 heavy (non-hydrogen) atoms. The van der Waals surface area contributed by atoms with E-state index in [9.17, 15) is 0 Å². The van der Waals surface area contributed by atoms with Crippen LogP contribution in [0.1, 0.15) is 26.7 Å². The lowest BCUT2D eigenvalue weighted by Crippen LogP contribution is -2.30. The van der Waals surface area contributed by atoms with Gasteiger partial charge in [-0.25, -0.2) is 0 Å². The molecule has 0 aromatic carbocycles. The van der Waals surface area contributed by atoms with E-state index in [0.717, 1.165) is 31.1 Å². The topological polar surface area (TPSA) is 21.3 Å². The molecule has 0 aliphatic heterocycles. The van der Waals surface area contributed by atoms with Gasteiger partial charge in [-0.05, 0) is 38.6 Å². The number of hydrogen-bond acceptors (Lipinski definition) is 2. The smallest absolute Gasteiger partial charge is 0.0497 e. The van der Waals surface area contributed by atoms with Crippen molar-refractivity contribution in [2.45, 2.75) is 32.7 Å². The first-order valence-electron chi connectivity index (χ1n) is 5.04. The minimum atomic E-state index is 0.718. The Morgan fingerprint density at radius 1 is 1.42 bits per heavy atom. The van der Waals surface area contributed by atoms with Crippen LogP contribution in [0, 0.1) is 11.8 Å². The highest BCUT2D eigenvalue weighted by atomic mass is 16.5. The van der Waals surface area contributed by atoms with Crippen molar-refractivity contribution in [3.63, 3.8) is 0 Å². The molecule has 0 aromatic heterocycles. The van der Waals surface area contributed by atoms with E-state index in [2.05, 4.69) is 26.2 Å². The first-order chi connectivity index (χ1) is 5.79. The molecule has 0 radical (unpaired) electrons. The van der Waals surface area contributed by atoms with Crippen LogP contribution < -0.4 is 5.32 Å². The Bertz CT molecular complexity index is 127. The van der Waals surface area contributed by atoms with Crippen LogP contribution in [0.25, 0.3) is 0 Å². The maximum absolute atomic E-state index is 5.45. The van der Waals surface area contributed by atoms with Crippen molar-refractivity contribution in [2.75, 3.05) is 20.3 Å². The zero-order chi connectivity index (χ0) is 8.97. The van der Waals surface area contributed by atoms with Gasteiger partial charge in [0.05, 0.1) is 0 Å². The fraction of sp³-hybridized carbons (Fsp3) is 1.00. The molecule has 1 rings (SSSR count). The van der Waals surface area contributed by atoms with Gasteiger partial charge < -0.3 is 10.1 Å². The van der Waals surface area contributed by atoms with Crippen LogP contribution in [-0.2, 0) is 4.74 Å². The van der Waals surface area contributed by atoms with Crippen LogP contribution in [0.15, 0.2) is 0 Å². The predicted octanol–water partition coefficient (Wildman–Crippen LogP) is 1.66. The Labute approximate surface area is 75.7 Å². The average Bonchev–Trinajstić information content (AvgIpc) is 2.43. The first-order valence-corrected chi connectivity index (χ1v) is 5.04. The van der Waals surface area contributed by atoms with Crippen molar-refractivity contribution in [1.82, 2.24) is 5.32 Å². The van der Waals surface area contributed by atoms with E-state index in [1.165, 1.54) is 12.8 Å². The lowest BCUT2D eigenvalue weighted by molar-refractivity contribution is 0.0960. The minimum Gasteiger partial charge on any atom is -0.381 e. The Balaban J connectivity index is 2.28. The summed E-state index contributed by atoms with van der Waals surface area (Å²) in [6, 6.07) is 0.718. The van der Waals surface area contributed by atoms with Gasteiger partial charge in [0, 0.05) is 19.3 Å². The second-order valence-electron chi connectivity index (χ2n) is 3.75. The molecule has 1 saturated carbocycles. The molecule has 1 aliphatic carbocycles. The largest absolute Gasteiger partial charge is 0.381 e. The molecule has 2 nitrogen and oxygen atoms in total. The quantitative estimate of drug-likeness (QED) is 0.694. The fourth-order valence-corrected chi connectivity index (χ4v) is 2.16. The van der Waals surface area contributed by atoms with Gasteiger partial charge in [-0.3, -0.25) is 0 Å². The summed E-state index contributed by atoms with van der Waals surface area (Å²) in [4.78, 5) is 0. The van der Waals surface area contributed by atoms with E-state index in [-0.39, 0.29) is 0 Å². The van der Waals surface area contributed by atoms with Gasteiger partial charge in [-0.1, -0.05) is 6.92 Å². The van der Waals surface area contributed by atoms with E-state index in [1.54, 1.807) is 0 Å². The molecule has 3 unspecified atom stereocenters. The third kappa shape index (κ3) is 2.20. The van der Waals surface area contributed by atoms with E-state index >= 15 is 0 Å². The SMILES string of the molecule is CCOCC1CCC(NC)C1C. The molecule has 3 atom stereocenters. The molecule has 1 N–H and O–H groups in total. The molecule has 0 heterocycles. The van der Waals surface area contributed by atoms with E-state index < -0.39 is 0 Å². The highest BCUT2D eigenvalue weighted by molar-refractivity contribution is 4.85. The molecular formula is C10H21NO. The van der Waals surface area contributed by atoms with Crippen LogP contribution in [0.5, 0.6) is 0 Å². The molecule has 2 heteroatoms. The third-order valence-corrected chi connectivity index (χ3v) is 3.13. The molecule has 0 bridgehead atoms. The van der Waals surface area contributed by atoms with E-state index in [1.807, 2.05) is 0 Å². The van der Waals surface area contributed by atoms with Gasteiger partial charge in [0.25, 0.3) is 0 Å². The predicted molar refractivity (Wildman–Crippen MR) is 51.2 cm³/mol. The van der Waals surface area contributed by atoms with Gasteiger partial charge in [0.2, 0.25) is 0 Å². The Hall–Kier alpha value is -0.0800. The van der Waals surface area contributed by atoms with Crippen LogP contribution in [0.3, 0.4) is 0 Å². The van der Waals surface area contributed by atoms with Crippen LogP contribution in [0.4, 0.5) is 0 Å². The summed E-state index contributed by atoms with van der Waals surface area (Å²) in [5.41, 5.74) is 0.